The summed E-state index contributed by atoms with van der Waals surface area (Å²) in [6.07, 6.45) is 2.76. The number of hydrogen-bond donors (Lipinski definition) is 0. The lowest BCUT2D eigenvalue weighted by Crippen LogP contribution is -2.29. The molecule has 0 fully saturated rings. The van der Waals surface area contributed by atoms with Crippen molar-refractivity contribution in [2.24, 2.45) is 0 Å². The molecule has 0 spiro atoms. The molecule has 2 heteroatoms. The van der Waals surface area contributed by atoms with Crippen molar-refractivity contribution >= 4 is 11.6 Å². The number of aryl methyl sites for hydroxylation is 2. The first-order chi connectivity index (χ1) is 12.3. The van der Waals surface area contributed by atoms with Crippen LogP contribution in [-0.2, 0) is 19.3 Å². The number of rotatable bonds is 4. The van der Waals surface area contributed by atoms with Crippen molar-refractivity contribution in [2.75, 3.05) is 11.4 Å². The number of para-hydroxylation sites is 1. The van der Waals surface area contributed by atoms with E-state index in [2.05, 4.69) is 36.4 Å². The van der Waals surface area contributed by atoms with Crippen LogP contribution in [0.2, 0.25) is 0 Å². The van der Waals surface area contributed by atoms with Crippen LogP contribution in [0.25, 0.3) is 0 Å². The van der Waals surface area contributed by atoms with Gasteiger partial charge in [0.1, 0.15) is 0 Å². The summed E-state index contributed by atoms with van der Waals surface area (Å²) >= 11 is 0. The third-order valence-electron chi connectivity index (χ3n) is 4.91. The fourth-order valence-electron chi connectivity index (χ4n) is 3.57. The first-order valence-electron chi connectivity index (χ1n) is 8.84. The Morgan fingerprint density at radius 1 is 0.800 bits per heavy atom. The molecule has 1 aliphatic rings. The van der Waals surface area contributed by atoms with E-state index in [1.165, 1.54) is 11.1 Å². The summed E-state index contributed by atoms with van der Waals surface area (Å²) in [5.74, 6) is 0.119. The molecule has 0 unspecified atom stereocenters. The molecule has 25 heavy (non-hydrogen) atoms. The number of nitrogens with zero attached hydrogens (tertiary/aromatic N) is 1. The summed E-state index contributed by atoms with van der Waals surface area (Å²) in [7, 11) is 0. The summed E-state index contributed by atoms with van der Waals surface area (Å²) in [5, 5.41) is 0. The average molecular weight is 327 g/mol. The maximum atomic E-state index is 13.2. The van der Waals surface area contributed by atoms with Gasteiger partial charge in [-0.25, -0.2) is 0 Å². The zero-order valence-corrected chi connectivity index (χ0v) is 14.2. The highest BCUT2D eigenvalue weighted by Gasteiger charge is 2.26. The molecule has 2 nitrogen and oxygen atoms in total. The summed E-state index contributed by atoms with van der Waals surface area (Å²) in [5.41, 5.74) is 5.58. The van der Waals surface area contributed by atoms with Crippen molar-refractivity contribution in [3.05, 3.63) is 101 Å². The van der Waals surface area contributed by atoms with Gasteiger partial charge < -0.3 is 4.90 Å². The third kappa shape index (κ3) is 3.20. The fraction of sp³-hybridized carbons (Fsp3) is 0.174. The van der Waals surface area contributed by atoms with Gasteiger partial charge in [-0.15, -0.1) is 0 Å². The second-order valence-electron chi connectivity index (χ2n) is 6.48. The molecule has 4 rings (SSSR count). The minimum atomic E-state index is 0.119. The lowest BCUT2D eigenvalue weighted by Gasteiger charge is -2.19. The second-order valence-corrected chi connectivity index (χ2v) is 6.48. The Balaban J connectivity index is 1.58. The Labute approximate surface area is 148 Å². The number of carbonyl (C=O) groups is 1. The fourth-order valence-corrected chi connectivity index (χ4v) is 3.57. The van der Waals surface area contributed by atoms with E-state index in [9.17, 15) is 4.79 Å². The van der Waals surface area contributed by atoms with Gasteiger partial charge in [0.25, 0.3) is 5.91 Å². The minimum absolute atomic E-state index is 0.119. The van der Waals surface area contributed by atoms with Crippen molar-refractivity contribution in [1.29, 1.82) is 0 Å². The minimum Gasteiger partial charge on any atom is -0.308 e. The van der Waals surface area contributed by atoms with Crippen LogP contribution in [0.5, 0.6) is 0 Å². The number of anilines is 1. The van der Waals surface area contributed by atoms with Crippen LogP contribution >= 0.6 is 0 Å². The van der Waals surface area contributed by atoms with Crippen LogP contribution in [0.4, 0.5) is 5.69 Å². The molecule has 0 N–H and O–H groups in total. The van der Waals surface area contributed by atoms with E-state index in [1.807, 2.05) is 47.4 Å². The Morgan fingerprint density at radius 2 is 1.52 bits per heavy atom. The lowest BCUT2D eigenvalue weighted by molar-refractivity contribution is 0.0988. The van der Waals surface area contributed by atoms with Gasteiger partial charge in [-0.1, -0.05) is 66.7 Å². The molecule has 3 aromatic rings. The van der Waals surface area contributed by atoms with E-state index < -0.39 is 0 Å². The molecule has 0 aliphatic carbocycles. The number of amides is 1. The molecule has 1 aliphatic heterocycles. The zero-order chi connectivity index (χ0) is 17.1. The van der Waals surface area contributed by atoms with Gasteiger partial charge in [0, 0.05) is 17.8 Å². The number of fused-ring (bicyclic) bond motifs is 1. The number of hydrogen-bond acceptors (Lipinski definition) is 1. The number of carbonyl (C=O) groups excluding carboxylic acids is 1. The van der Waals surface area contributed by atoms with E-state index in [0.29, 0.717) is 0 Å². The van der Waals surface area contributed by atoms with E-state index >= 15 is 0 Å². The van der Waals surface area contributed by atoms with Gasteiger partial charge in [0.15, 0.2) is 0 Å². The Hall–Kier alpha value is -2.87. The first kappa shape index (κ1) is 15.6. The predicted octanol–water partition coefficient (Wildman–Crippen LogP) is 4.67. The molecule has 0 saturated carbocycles. The van der Waals surface area contributed by atoms with Crippen molar-refractivity contribution < 1.29 is 4.79 Å². The van der Waals surface area contributed by atoms with Gasteiger partial charge in [-0.2, -0.15) is 0 Å². The van der Waals surface area contributed by atoms with E-state index in [4.69, 9.17) is 0 Å². The van der Waals surface area contributed by atoms with Crippen molar-refractivity contribution in [2.45, 2.75) is 19.3 Å². The van der Waals surface area contributed by atoms with Crippen LogP contribution in [0.15, 0.2) is 78.9 Å². The maximum Gasteiger partial charge on any atom is 0.258 e. The SMILES string of the molecule is O=C(c1ccccc1CCc1ccccc1)N1CCc2ccccc21. The summed E-state index contributed by atoms with van der Waals surface area (Å²) in [6, 6.07) is 26.7. The summed E-state index contributed by atoms with van der Waals surface area (Å²) in [6.45, 7) is 0.769. The highest BCUT2D eigenvalue weighted by molar-refractivity contribution is 6.08. The molecule has 124 valence electrons. The molecular weight excluding hydrogens is 306 g/mol. The average Bonchev–Trinajstić information content (AvgIpc) is 3.11. The Kier molecular flexibility index (Phi) is 4.34. The molecular formula is C23H21NO. The van der Waals surface area contributed by atoms with Gasteiger partial charge >= 0.3 is 0 Å². The molecule has 0 bridgehead atoms. The zero-order valence-electron chi connectivity index (χ0n) is 14.2. The van der Waals surface area contributed by atoms with Gasteiger partial charge in [-0.05, 0) is 48.1 Å². The number of benzene rings is 3. The van der Waals surface area contributed by atoms with Crippen LogP contribution in [-0.4, -0.2) is 12.5 Å². The first-order valence-corrected chi connectivity index (χ1v) is 8.84. The maximum absolute atomic E-state index is 13.2. The quantitative estimate of drug-likeness (QED) is 0.681. The Bertz CT molecular complexity index is 885. The molecule has 1 amide bonds. The topological polar surface area (TPSA) is 20.3 Å². The standard InChI is InChI=1S/C23H21NO/c25-23(24-17-16-20-11-5-7-13-22(20)24)21-12-6-4-10-19(21)15-14-18-8-2-1-3-9-18/h1-13H,14-17H2. The van der Waals surface area contributed by atoms with E-state index in [-0.39, 0.29) is 5.91 Å². The highest BCUT2D eigenvalue weighted by Crippen LogP contribution is 2.29. The van der Waals surface area contributed by atoms with Crippen LogP contribution < -0.4 is 4.90 Å². The van der Waals surface area contributed by atoms with Crippen LogP contribution in [0, 0.1) is 0 Å². The third-order valence-corrected chi connectivity index (χ3v) is 4.91. The highest BCUT2D eigenvalue weighted by atomic mass is 16.2. The van der Waals surface area contributed by atoms with E-state index in [0.717, 1.165) is 42.6 Å². The van der Waals surface area contributed by atoms with Crippen LogP contribution in [0.1, 0.15) is 27.0 Å². The van der Waals surface area contributed by atoms with Crippen LogP contribution in [0.3, 0.4) is 0 Å². The van der Waals surface area contributed by atoms with Crippen molar-refractivity contribution in [3.63, 3.8) is 0 Å². The lowest BCUT2D eigenvalue weighted by atomic mass is 9.99. The molecule has 3 aromatic carbocycles. The molecule has 1 heterocycles. The van der Waals surface area contributed by atoms with Gasteiger partial charge in [0.05, 0.1) is 0 Å². The molecule has 0 radical (unpaired) electrons. The van der Waals surface area contributed by atoms with Gasteiger partial charge in [-0.3, -0.25) is 4.79 Å². The molecule has 0 aromatic heterocycles. The summed E-state index contributed by atoms with van der Waals surface area (Å²) < 4.78 is 0. The second kappa shape index (κ2) is 6.94. The van der Waals surface area contributed by atoms with E-state index in [1.54, 1.807) is 0 Å². The Morgan fingerprint density at radius 3 is 2.40 bits per heavy atom. The normalized spacial score (nSPS) is 12.9. The van der Waals surface area contributed by atoms with Crippen molar-refractivity contribution in [1.82, 2.24) is 0 Å². The monoisotopic (exact) mass is 327 g/mol. The van der Waals surface area contributed by atoms with Crippen molar-refractivity contribution in [3.8, 4) is 0 Å². The smallest absolute Gasteiger partial charge is 0.258 e. The molecule has 0 atom stereocenters. The summed E-state index contributed by atoms with van der Waals surface area (Å²) in [4.78, 5) is 15.1. The van der Waals surface area contributed by atoms with Gasteiger partial charge in [0.2, 0.25) is 0 Å². The molecule has 0 saturated heterocycles. The largest absolute Gasteiger partial charge is 0.308 e. The predicted molar refractivity (Wildman–Crippen MR) is 102 cm³/mol.